The molecule has 1 aromatic carbocycles. The van der Waals surface area contributed by atoms with Crippen LogP contribution in [0.15, 0.2) is 30.0 Å². The lowest BCUT2D eigenvalue weighted by atomic mass is 10.2. The molecule has 1 aliphatic rings. The van der Waals surface area contributed by atoms with Crippen LogP contribution in [0, 0.1) is 0 Å². The van der Waals surface area contributed by atoms with E-state index in [1.165, 1.54) is 5.70 Å². The van der Waals surface area contributed by atoms with Crippen LogP contribution < -0.4 is 16.2 Å². The van der Waals surface area contributed by atoms with E-state index in [-0.39, 0.29) is 0 Å². The Hall–Kier alpha value is -0.900. The van der Waals surface area contributed by atoms with E-state index in [4.69, 9.17) is 23.2 Å². The van der Waals surface area contributed by atoms with Crippen LogP contribution in [0.5, 0.6) is 0 Å². The Morgan fingerprint density at radius 2 is 1.81 bits per heavy atom. The SMILES string of the molecule is Clc1cc(Cl)cc(NNC2=CCNCC2)c1. The number of benzene rings is 1. The van der Waals surface area contributed by atoms with Gasteiger partial charge in [-0.25, -0.2) is 0 Å². The molecule has 0 unspecified atom stereocenters. The van der Waals surface area contributed by atoms with Gasteiger partial charge in [0.15, 0.2) is 0 Å². The molecular weight excluding hydrogens is 245 g/mol. The van der Waals surface area contributed by atoms with Gasteiger partial charge in [-0.2, -0.15) is 0 Å². The normalized spacial score (nSPS) is 15.5. The van der Waals surface area contributed by atoms with Gasteiger partial charge < -0.3 is 16.2 Å². The summed E-state index contributed by atoms with van der Waals surface area (Å²) in [7, 11) is 0. The molecule has 1 aromatic rings. The van der Waals surface area contributed by atoms with Crippen molar-refractivity contribution in [2.75, 3.05) is 18.5 Å². The number of hydrazine groups is 1. The highest BCUT2D eigenvalue weighted by molar-refractivity contribution is 6.35. The molecule has 1 aliphatic heterocycles. The third kappa shape index (κ3) is 3.30. The number of anilines is 1. The van der Waals surface area contributed by atoms with Crippen LogP contribution in [0.25, 0.3) is 0 Å². The molecule has 1 heterocycles. The van der Waals surface area contributed by atoms with Gasteiger partial charge >= 0.3 is 0 Å². The highest BCUT2D eigenvalue weighted by Gasteiger charge is 2.02. The lowest BCUT2D eigenvalue weighted by Gasteiger charge is -2.17. The van der Waals surface area contributed by atoms with Crippen molar-refractivity contribution in [1.82, 2.24) is 10.7 Å². The number of hydrogen-bond acceptors (Lipinski definition) is 3. The molecular formula is C11H13Cl2N3. The average molecular weight is 258 g/mol. The molecule has 0 fully saturated rings. The molecule has 0 saturated heterocycles. The molecule has 0 spiro atoms. The Labute approximate surface area is 105 Å². The van der Waals surface area contributed by atoms with Crippen LogP contribution in [0.4, 0.5) is 5.69 Å². The Morgan fingerprint density at radius 1 is 1.06 bits per heavy atom. The molecule has 16 heavy (non-hydrogen) atoms. The lowest BCUT2D eigenvalue weighted by Crippen LogP contribution is -2.29. The van der Waals surface area contributed by atoms with Gasteiger partial charge in [0.2, 0.25) is 0 Å². The summed E-state index contributed by atoms with van der Waals surface area (Å²) in [5.41, 5.74) is 8.26. The van der Waals surface area contributed by atoms with Crippen molar-refractivity contribution in [2.24, 2.45) is 0 Å². The van der Waals surface area contributed by atoms with Crippen LogP contribution in [-0.2, 0) is 0 Å². The number of halogens is 2. The van der Waals surface area contributed by atoms with E-state index >= 15 is 0 Å². The first-order valence-electron chi connectivity index (χ1n) is 5.12. The van der Waals surface area contributed by atoms with Crippen molar-refractivity contribution in [1.29, 1.82) is 0 Å². The molecule has 3 N–H and O–H groups in total. The maximum atomic E-state index is 5.89. The highest BCUT2D eigenvalue weighted by atomic mass is 35.5. The molecule has 0 aromatic heterocycles. The minimum atomic E-state index is 0.621. The minimum absolute atomic E-state index is 0.621. The molecule has 0 radical (unpaired) electrons. The van der Waals surface area contributed by atoms with Gasteiger partial charge in [-0.3, -0.25) is 0 Å². The van der Waals surface area contributed by atoms with Crippen molar-refractivity contribution < 1.29 is 0 Å². The van der Waals surface area contributed by atoms with Crippen molar-refractivity contribution >= 4 is 28.9 Å². The van der Waals surface area contributed by atoms with Crippen LogP contribution >= 0.6 is 23.2 Å². The average Bonchev–Trinajstić information content (AvgIpc) is 2.27. The topological polar surface area (TPSA) is 36.1 Å². The fourth-order valence-corrected chi connectivity index (χ4v) is 2.04. The zero-order valence-corrected chi connectivity index (χ0v) is 10.2. The van der Waals surface area contributed by atoms with Gasteiger partial charge in [0, 0.05) is 35.3 Å². The van der Waals surface area contributed by atoms with Gasteiger partial charge in [0.05, 0.1) is 5.69 Å². The van der Waals surface area contributed by atoms with Gasteiger partial charge in [-0.1, -0.05) is 23.2 Å². The second-order valence-corrected chi connectivity index (χ2v) is 4.46. The zero-order valence-electron chi connectivity index (χ0n) is 8.69. The zero-order chi connectivity index (χ0) is 11.4. The first-order chi connectivity index (χ1) is 7.74. The predicted molar refractivity (Wildman–Crippen MR) is 68.8 cm³/mol. The molecule has 2 rings (SSSR count). The van der Waals surface area contributed by atoms with Crippen LogP contribution in [0.1, 0.15) is 6.42 Å². The van der Waals surface area contributed by atoms with Crippen molar-refractivity contribution in [3.05, 3.63) is 40.0 Å². The first-order valence-corrected chi connectivity index (χ1v) is 5.87. The summed E-state index contributed by atoms with van der Waals surface area (Å²) < 4.78 is 0. The Kier molecular flexibility index (Phi) is 3.93. The summed E-state index contributed by atoms with van der Waals surface area (Å²) >= 11 is 11.8. The third-order valence-corrected chi connectivity index (χ3v) is 2.73. The summed E-state index contributed by atoms with van der Waals surface area (Å²) in [5, 5.41) is 4.49. The lowest BCUT2D eigenvalue weighted by molar-refractivity contribution is 0.670. The molecule has 0 saturated carbocycles. The van der Waals surface area contributed by atoms with Gasteiger partial charge in [-0.05, 0) is 24.3 Å². The highest BCUT2D eigenvalue weighted by Crippen LogP contribution is 2.22. The third-order valence-electron chi connectivity index (χ3n) is 2.29. The van der Waals surface area contributed by atoms with Crippen molar-refractivity contribution in [2.45, 2.75) is 6.42 Å². The number of hydrogen-bond donors (Lipinski definition) is 3. The maximum Gasteiger partial charge on any atom is 0.0569 e. The molecule has 0 amide bonds. The summed E-state index contributed by atoms with van der Waals surface area (Å²) in [6.45, 7) is 1.90. The monoisotopic (exact) mass is 257 g/mol. The molecule has 86 valence electrons. The predicted octanol–water partition coefficient (Wildman–Crippen LogP) is 2.79. The Morgan fingerprint density at radius 3 is 2.44 bits per heavy atom. The molecule has 0 atom stereocenters. The summed E-state index contributed by atoms with van der Waals surface area (Å²) in [4.78, 5) is 0. The second kappa shape index (κ2) is 5.43. The molecule has 0 bridgehead atoms. The number of nitrogens with one attached hydrogen (secondary N) is 3. The quantitative estimate of drug-likeness (QED) is 0.729. The summed E-state index contributed by atoms with van der Waals surface area (Å²) in [6.07, 6.45) is 3.10. The largest absolute Gasteiger partial charge is 0.313 e. The van der Waals surface area contributed by atoms with E-state index in [0.717, 1.165) is 25.2 Å². The van der Waals surface area contributed by atoms with E-state index in [0.29, 0.717) is 10.0 Å². The number of rotatable bonds is 3. The standard InChI is InChI=1S/C11H13Cl2N3/c12-8-5-9(13)7-11(6-8)16-15-10-1-3-14-4-2-10/h1,5-7,14-16H,2-4H2. The van der Waals surface area contributed by atoms with Crippen LogP contribution in [-0.4, -0.2) is 13.1 Å². The summed E-state index contributed by atoms with van der Waals surface area (Å²) in [5.74, 6) is 0. The van der Waals surface area contributed by atoms with Gasteiger partial charge in [0.1, 0.15) is 0 Å². The van der Waals surface area contributed by atoms with Crippen molar-refractivity contribution in [3.63, 3.8) is 0 Å². The Bertz CT molecular complexity index is 384. The van der Waals surface area contributed by atoms with Gasteiger partial charge in [0.25, 0.3) is 0 Å². The minimum Gasteiger partial charge on any atom is -0.313 e. The van der Waals surface area contributed by atoms with Crippen LogP contribution in [0.3, 0.4) is 0 Å². The van der Waals surface area contributed by atoms with Crippen LogP contribution in [0.2, 0.25) is 10.0 Å². The first kappa shape index (κ1) is 11.6. The fraction of sp³-hybridized carbons (Fsp3) is 0.273. The second-order valence-electron chi connectivity index (χ2n) is 3.59. The van der Waals surface area contributed by atoms with Gasteiger partial charge in [-0.15, -0.1) is 0 Å². The van der Waals surface area contributed by atoms with Crippen molar-refractivity contribution in [3.8, 4) is 0 Å². The van der Waals surface area contributed by atoms with E-state index < -0.39 is 0 Å². The maximum absolute atomic E-state index is 5.89. The fourth-order valence-electron chi connectivity index (χ4n) is 1.51. The van der Waals surface area contributed by atoms with E-state index in [1.807, 2.05) is 12.1 Å². The van der Waals surface area contributed by atoms with E-state index in [9.17, 15) is 0 Å². The molecule has 3 nitrogen and oxygen atoms in total. The summed E-state index contributed by atoms with van der Waals surface area (Å²) in [6, 6.07) is 5.35. The van der Waals surface area contributed by atoms with E-state index in [2.05, 4.69) is 22.2 Å². The van der Waals surface area contributed by atoms with E-state index in [1.54, 1.807) is 6.07 Å². The smallest absolute Gasteiger partial charge is 0.0569 e. The molecule has 5 heteroatoms. The molecule has 0 aliphatic carbocycles. The Balaban J connectivity index is 1.96.